The van der Waals surface area contributed by atoms with Crippen molar-refractivity contribution in [3.8, 4) is 29.1 Å². The monoisotopic (exact) mass is 470 g/mol. The highest BCUT2D eigenvalue weighted by molar-refractivity contribution is 5.99. The van der Waals surface area contributed by atoms with E-state index in [2.05, 4.69) is 45.0 Å². The summed E-state index contributed by atoms with van der Waals surface area (Å²) in [5.74, 6) is 3.14. The minimum absolute atomic E-state index is 0.454. The Labute approximate surface area is 204 Å². The number of hydrogen-bond acceptors (Lipinski definition) is 6. The van der Waals surface area contributed by atoms with Gasteiger partial charge < -0.3 is 24.3 Å². The third-order valence-corrected chi connectivity index (χ3v) is 7.52. The molecule has 4 heterocycles. The standard InChI is InChI=1S/C27H30N6O2/c1-3-33-10-8-17(9-11-33)19-6-7-21-24(25(19)35-15-16-4-5-16)32-26(31-21)22-23-20(14-30-27(22)34-2)18(12-28)13-29-23/h6-7,13-14,16-17,29H,3-5,8-11,15H2,1-2H3,(H,31,32). The van der Waals surface area contributed by atoms with Crippen molar-refractivity contribution in [3.63, 3.8) is 0 Å². The minimum atomic E-state index is 0.454. The third-order valence-electron chi connectivity index (χ3n) is 7.52. The number of fused-ring (bicyclic) bond motifs is 2. The number of nitriles is 1. The second kappa shape index (κ2) is 8.90. The van der Waals surface area contributed by atoms with Gasteiger partial charge in [-0.05, 0) is 68.8 Å². The van der Waals surface area contributed by atoms with E-state index in [1.807, 2.05) is 0 Å². The zero-order chi connectivity index (χ0) is 23.9. The van der Waals surface area contributed by atoms with Gasteiger partial charge in [-0.1, -0.05) is 13.0 Å². The van der Waals surface area contributed by atoms with Gasteiger partial charge in [0.15, 0.2) is 5.75 Å². The lowest BCUT2D eigenvalue weighted by molar-refractivity contribution is 0.218. The molecule has 1 aliphatic heterocycles. The molecule has 0 unspecified atom stereocenters. The summed E-state index contributed by atoms with van der Waals surface area (Å²) >= 11 is 0. The summed E-state index contributed by atoms with van der Waals surface area (Å²) in [5, 5.41) is 10.2. The smallest absolute Gasteiger partial charge is 0.226 e. The van der Waals surface area contributed by atoms with Crippen LogP contribution in [0.1, 0.15) is 49.7 Å². The lowest BCUT2D eigenvalue weighted by atomic mass is 9.88. The topological polar surface area (TPSA) is 103 Å². The Morgan fingerprint density at radius 3 is 2.74 bits per heavy atom. The van der Waals surface area contributed by atoms with Crippen molar-refractivity contribution in [1.82, 2.24) is 24.8 Å². The summed E-state index contributed by atoms with van der Waals surface area (Å²) in [5.41, 5.74) is 5.08. The van der Waals surface area contributed by atoms with Crippen molar-refractivity contribution >= 4 is 21.9 Å². The highest BCUT2D eigenvalue weighted by atomic mass is 16.5. The Kier molecular flexibility index (Phi) is 5.57. The molecule has 0 bridgehead atoms. The van der Waals surface area contributed by atoms with Crippen molar-refractivity contribution in [2.24, 2.45) is 5.92 Å². The number of aromatic nitrogens is 4. The highest BCUT2D eigenvalue weighted by Crippen LogP contribution is 2.42. The number of piperidine rings is 1. The van der Waals surface area contributed by atoms with E-state index < -0.39 is 0 Å². The van der Waals surface area contributed by atoms with E-state index in [1.165, 1.54) is 18.4 Å². The van der Waals surface area contributed by atoms with Crippen LogP contribution in [0.2, 0.25) is 0 Å². The zero-order valence-electron chi connectivity index (χ0n) is 20.2. The number of aromatic amines is 2. The molecule has 2 N–H and O–H groups in total. The molecule has 8 nitrogen and oxygen atoms in total. The highest BCUT2D eigenvalue weighted by Gasteiger charge is 2.28. The van der Waals surface area contributed by atoms with Crippen LogP contribution in [0.3, 0.4) is 0 Å². The number of pyridine rings is 1. The van der Waals surface area contributed by atoms with Crippen LogP contribution in [0.4, 0.5) is 0 Å². The molecule has 180 valence electrons. The third kappa shape index (κ3) is 3.90. The first-order valence-corrected chi connectivity index (χ1v) is 12.5. The average molecular weight is 471 g/mol. The van der Waals surface area contributed by atoms with Gasteiger partial charge in [0.2, 0.25) is 5.88 Å². The molecule has 1 saturated heterocycles. The fraction of sp³-hybridized carbons (Fsp3) is 0.444. The van der Waals surface area contributed by atoms with Gasteiger partial charge in [-0.3, -0.25) is 0 Å². The van der Waals surface area contributed by atoms with E-state index in [-0.39, 0.29) is 0 Å². The van der Waals surface area contributed by atoms with E-state index in [4.69, 9.17) is 14.5 Å². The van der Waals surface area contributed by atoms with Gasteiger partial charge in [0, 0.05) is 17.8 Å². The molecule has 1 aromatic carbocycles. The number of nitrogens with zero attached hydrogens (tertiary/aromatic N) is 4. The molecule has 0 spiro atoms. The molecule has 4 aromatic rings. The number of benzene rings is 1. The zero-order valence-corrected chi connectivity index (χ0v) is 20.2. The predicted octanol–water partition coefficient (Wildman–Crippen LogP) is 4.97. The molecule has 0 atom stereocenters. The van der Waals surface area contributed by atoms with Crippen molar-refractivity contribution in [3.05, 3.63) is 35.7 Å². The summed E-state index contributed by atoms with van der Waals surface area (Å²) in [4.78, 5) is 18.7. The second-order valence-electron chi connectivity index (χ2n) is 9.67. The van der Waals surface area contributed by atoms with E-state index in [9.17, 15) is 5.26 Å². The molecule has 35 heavy (non-hydrogen) atoms. The fourth-order valence-corrected chi connectivity index (χ4v) is 5.24. The Morgan fingerprint density at radius 1 is 1.20 bits per heavy atom. The number of ether oxygens (including phenoxy) is 2. The molecular weight excluding hydrogens is 440 g/mol. The number of imidazole rings is 1. The molecule has 1 aliphatic carbocycles. The summed E-state index contributed by atoms with van der Waals surface area (Å²) < 4.78 is 12.1. The Balaban J connectivity index is 1.47. The molecule has 2 aliphatic rings. The fourth-order valence-electron chi connectivity index (χ4n) is 5.24. The number of H-pyrrole nitrogens is 2. The normalized spacial score (nSPS) is 17.2. The lowest BCUT2D eigenvalue weighted by Gasteiger charge is -2.32. The Bertz CT molecular complexity index is 1420. The first kappa shape index (κ1) is 21.9. The maximum absolute atomic E-state index is 9.49. The summed E-state index contributed by atoms with van der Waals surface area (Å²) in [6, 6.07) is 6.56. The van der Waals surface area contributed by atoms with Crippen molar-refractivity contribution in [1.29, 1.82) is 5.26 Å². The predicted molar refractivity (Wildman–Crippen MR) is 135 cm³/mol. The summed E-state index contributed by atoms with van der Waals surface area (Å²) in [6.07, 6.45) is 8.11. The van der Waals surface area contributed by atoms with Crippen LogP contribution in [0.25, 0.3) is 33.3 Å². The molecule has 2 fully saturated rings. The van der Waals surface area contributed by atoms with Crippen molar-refractivity contribution in [2.75, 3.05) is 33.4 Å². The molecular formula is C27H30N6O2. The van der Waals surface area contributed by atoms with Crippen LogP contribution in [0, 0.1) is 17.2 Å². The number of nitrogens with one attached hydrogen (secondary N) is 2. The number of likely N-dealkylation sites (tertiary alicyclic amines) is 1. The van der Waals surface area contributed by atoms with Gasteiger partial charge in [-0.15, -0.1) is 0 Å². The summed E-state index contributed by atoms with van der Waals surface area (Å²) in [7, 11) is 1.60. The SMILES string of the molecule is CCN1CCC(c2ccc3[nH]c(-c4c(OC)ncc5c(C#N)c[nH]c45)nc3c2OCC2CC2)CC1. The quantitative estimate of drug-likeness (QED) is 0.395. The number of methoxy groups -OCH3 is 1. The Hall–Kier alpha value is -3.57. The average Bonchev–Trinajstić information content (AvgIpc) is 3.48. The first-order chi connectivity index (χ1) is 17.2. The maximum atomic E-state index is 9.49. The van der Waals surface area contributed by atoms with E-state index in [1.54, 1.807) is 19.5 Å². The number of rotatable bonds is 7. The maximum Gasteiger partial charge on any atom is 0.226 e. The molecule has 6 rings (SSSR count). The van der Waals surface area contributed by atoms with Crippen LogP contribution in [0.5, 0.6) is 11.6 Å². The minimum Gasteiger partial charge on any atom is -0.491 e. The number of hydrogen-bond donors (Lipinski definition) is 2. The van der Waals surface area contributed by atoms with Gasteiger partial charge in [-0.2, -0.15) is 5.26 Å². The van der Waals surface area contributed by atoms with Gasteiger partial charge in [0.05, 0.1) is 30.3 Å². The van der Waals surface area contributed by atoms with Crippen molar-refractivity contribution in [2.45, 2.75) is 38.5 Å². The summed E-state index contributed by atoms with van der Waals surface area (Å²) in [6.45, 7) is 6.31. The van der Waals surface area contributed by atoms with Gasteiger partial charge in [-0.25, -0.2) is 9.97 Å². The lowest BCUT2D eigenvalue weighted by Crippen LogP contribution is -2.32. The van der Waals surface area contributed by atoms with Crippen LogP contribution in [-0.2, 0) is 0 Å². The molecule has 3 aromatic heterocycles. The second-order valence-corrected chi connectivity index (χ2v) is 9.67. The van der Waals surface area contributed by atoms with Crippen molar-refractivity contribution < 1.29 is 9.47 Å². The van der Waals surface area contributed by atoms with E-state index >= 15 is 0 Å². The molecule has 1 saturated carbocycles. The molecule has 0 radical (unpaired) electrons. The molecule has 0 amide bonds. The first-order valence-electron chi connectivity index (χ1n) is 12.5. The largest absolute Gasteiger partial charge is 0.491 e. The van der Waals surface area contributed by atoms with Crippen LogP contribution in [-0.4, -0.2) is 58.2 Å². The molecule has 8 heteroatoms. The van der Waals surface area contributed by atoms with Gasteiger partial charge >= 0.3 is 0 Å². The van der Waals surface area contributed by atoms with Crippen LogP contribution in [0.15, 0.2) is 24.5 Å². The van der Waals surface area contributed by atoms with E-state index in [0.29, 0.717) is 34.7 Å². The van der Waals surface area contributed by atoms with Crippen LogP contribution < -0.4 is 9.47 Å². The van der Waals surface area contributed by atoms with Crippen LogP contribution >= 0.6 is 0 Å². The van der Waals surface area contributed by atoms with Gasteiger partial charge in [0.25, 0.3) is 0 Å². The van der Waals surface area contributed by atoms with Gasteiger partial charge in [0.1, 0.15) is 23.0 Å². The van der Waals surface area contributed by atoms with E-state index in [0.717, 1.165) is 66.8 Å². The Morgan fingerprint density at radius 2 is 2.03 bits per heavy atom.